The molecule has 4 heteroatoms. The zero-order valence-corrected chi connectivity index (χ0v) is 8.73. The molecular formula is C9H15NO2S. The maximum atomic E-state index is 12.0. The Bertz CT molecular complexity index is 204. The number of carbonyl (C=O) groups excluding carboxylic acids is 1. The molecule has 74 valence electrons. The van der Waals surface area contributed by atoms with Crippen LogP contribution in [0.2, 0.25) is 0 Å². The average molecular weight is 201 g/mol. The van der Waals surface area contributed by atoms with Gasteiger partial charge in [-0.2, -0.15) is 0 Å². The van der Waals surface area contributed by atoms with Crippen LogP contribution in [0.5, 0.6) is 0 Å². The quantitative estimate of drug-likeness (QED) is 0.666. The summed E-state index contributed by atoms with van der Waals surface area (Å²) in [6.07, 6.45) is 0.910. The van der Waals surface area contributed by atoms with Gasteiger partial charge in [0.2, 0.25) is 5.91 Å². The predicted molar refractivity (Wildman–Crippen MR) is 52.6 cm³/mol. The molecule has 0 N–H and O–H groups in total. The maximum Gasteiger partial charge on any atom is 0.234 e. The van der Waals surface area contributed by atoms with Gasteiger partial charge in [0.1, 0.15) is 0 Å². The van der Waals surface area contributed by atoms with Crippen LogP contribution in [0.4, 0.5) is 0 Å². The Morgan fingerprint density at radius 1 is 1.62 bits per heavy atom. The summed E-state index contributed by atoms with van der Waals surface area (Å²) in [4.78, 5) is 14.0. The first-order valence-electron chi connectivity index (χ1n) is 4.73. The molecule has 0 unspecified atom stereocenters. The summed E-state index contributed by atoms with van der Waals surface area (Å²) in [5, 5.41) is 0. The Labute approximate surface area is 82.8 Å². The first kappa shape index (κ1) is 9.34. The molecule has 2 heterocycles. The number of hydrogen-bond acceptors (Lipinski definition) is 3. The lowest BCUT2D eigenvalue weighted by atomic mass is 9.82. The summed E-state index contributed by atoms with van der Waals surface area (Å²) >= 11 is 1.84. The highest BCUT2D eigenvalue weighted by Gasteiger charge is 2.46. The SMILES string of the molecule is CCC1(C(=O)N2CCSC2)COC1. The van der Waals surface area contributed by atoms with Gasteiger partial charge in [-0.05, 0) is 6.42 Å². The average Bonchev–Trinajstić information content (AvgIpc) is 2.54. The van der Waals surface area contributed by atoms with Gasteiger partial charge in [-0.1, -0.05) is 6.92 Å². The first-order valence-corrected chi connectivity index (χ1v) is 5.89. The minimum absolute atomic E-state index is 0.162. The molecule has 2 fully saturated rings. The lowest BCUT2D eigenvalue weighted by molar-refractivity contribution is -0.171. The van der Waals surface area contributed by atoms with E-state index in [1.807, 2.05) is 16.7 Å². The summed E-state index contributed by atoms with van der Waals surface area (Å²) < 4.78 is 5.16. The fraction of sp³-hybridized carbons (Fsp3) is 0.889. The Hall–Kier alpha value is -0.220. The minimum atomic E-state index is -0.162. The smallest absolute Gasteiger partial charge is 0.234 e. The Balaban J connectivity index is 2.01. The van der Waals surface area contributed by atoms with E-state index in [1.54, 1.807) is 0 Å². The summed E-state index contributed by atoms with van der Waals surface area (Å²) in [6, 6.07) is 0. The van der Waals surface area contributed by atoms with E-state index in [9.17, 15) is 4.79 Å². The van der Waals surface area contributed by atoms with Crippen LogP contribution in [0.25, 0.3) is 0 Å². The number of ether oxygens (including phenoxy) is 1. The molecule has 0 bridgehead atoms. The van der Waals surface area contributed by atoms with Crippen LogP contribution in [0.1, 0.15) is 13.3 Å². The van der Waals surface area contributed by atoms with E-state index in [1.165, 1.54) is 0 Å². The van der Waals surface area contributed by atoms with Crippen molar-refractivity contribution in [2.24, 2.45) is 5.41 Å². The molecular weight excluding hydrogens is 186 g/mol. The zero-order chi connectivity index (χ0) is 9.31. The van der Waals surface area contributed by atoms with Crippen molar-refractivity contribution in [3.63, 3.8) is 0 Å². The van der Waals surface area contributed by atoms with Crippen LogP contribution in [0.3, 0.4) is 0 Å². The van der Waals surface area contributed by atoms with E-state index in [4.69, 9.17) is 4.74 Å². The second-order valence-corrected chi connectivity index (χ2v) is 4.81. The van der Waals surface area contributed by atoms with Crippen LogP contribution in [-0.2, 0) is 9.53 Å². The van der Waals surface area contributed by atoms with Gasteiger partial charge in [-0.15, -0.1) is 11.8 Å². The number of thioether (sulfide) groups is 1. The molecule has 0 aromatic rings. The van der Waals surface area contributed by atoms with Gasteiger partial charge in [-0.25, -0.2) is 0 Å². The van der Waals surface area contributed by atoms with Crippen LogP contribution in [-0.4, -0.2) is 42.2 Å². The number of carbonyl (C=O) groups is 1. The number of nitrogens with zero attached hydrogens (tertiary/aromatic N) is 1. The molecule has 0 saturated carbocycles. The third kappa shape index (κ3) is 1.46. The van der Waals surface area contributed by atoms with Crippen molar-refractivity contribution in [1.82, 2.24) is 4.90 Å². The van der Waals surface area contributed by atoms with E-state index in [-0.39, 0.29) is 5.41 Å². The van der Waals surface area contributed by atoms with Gasteiger partial charge in [0.05, 0.1) is 24.5 Å². The molecule has 2 aliphatic heterocycles. The Morgan fingerprint density at radius 3 is 2.77 bits per heavy atom. The highest BCUT2D eigenvalue weighted by atomic mass is 32.2. The molecule has 13 heavy (non-hydrogen) atoms. The number of amides is 1. The molecule has 0 aliphatic carbocycles. The van der Waals surface area contributed by atoms with Crippen LogP contribution in [0.15, 0.2) is 0 Å². The summed E-state index contributed by atoms with van der Waals surface area (Å²) in [6.45, 7) is 4.25. The second kappa shape index (κ2) is 3.50. The second-order valence-electron chi connectivity index (χ2n) is 3.73. The van der Waals surface area contributed by atoms with Gasteiger partial charge in [-0.3, -0.25) is 4.79 Å². The van der Waals surface area contributed by atoms with Crippen LogP contribution >= 0.6 is 11.8 Å². The van der Waals surface area contributed by atoms with Gasteiger partial charge in [0.25, 0.3) is 0 Å². The number of rotatable bonds is 2. The predicted octanol–water partition coefficient (Wildman–Crippen LogP) is 0.946. The van der Waals surface area contributed by atoms with Crippen molar-refractivity contribution in [3.8, 4) is 0 Å². The lowest BCUT2D eigenvalue weighted by Gasteiger charge is -2.41. The largest absolute Gasteiger partial charge is 0.379 e. The van der Waals surface area contributed by atoms with Crippen molar-refractivity contribution >= 4 is 17.7 Å². The molecule has 2 saturated heterocycles. The number of hydrogen-bond donors (Lipinski definition) is 0. The van der Waals surface area contributed by atoms with Crippen molar-refractivity contribution in [2.75, 3.05) is 31.4 Å². The van der Waals surface area contributed by atoms with Gasteiger partial charge >= 0.3 is 0 Å². The van der Waals surface area contributed by atoms with Gasteiger partial charge < -0.3 is 9.64 Å². The third-order valence-electron chi connectivity index (χ3n) is 2.93. The van der Waals surface area contributed by atoms with Gasteiger partial charge in [0.15, 0.2) is 0 Å². The standard InChI is InChI=1S/C9H15NO2S/c1-2-9(5-12-6-9)8(11)10-3-4-13-7-10/h2-7H2,1H3. The minimum Gasteiger partial charge on any atom is -0.379 e. The normalized spacial score (nSPS) is 25.8. The third-order valence-corrected chi connectivity index (χ3v) is 3.89. The van der Waals surface area contributed by atoms with E-state index >= 15 is 0 Å². The Morgan fingerprint density at radius 2 is 2.38 bits per heavy atom. The molecule has 0 aromatic heterocycles. The molecule has 0 radical (unpaired) electrons. The summed E-state index contributed by atoms with van der Waals surface area (Å²) in [5.41, 5.74) is -0.162. The molecule has 0 spiro atoms. The monoisotopic (exact) mass is 201 g/mol. The molecule has 2 rings (SSSR count). The Kier molecular flexibility index (Phi) is 2.51. The highest BCUT2D eigenvalue weighted by molar-refractivity contribution is 7.99. The first-order chi connectivity index (χ1) is 6.28. The van der Waals surface area contributed by atoms with Crippen LogP contribution in [0, 0.1) is 5.41 Å². The van der Waals surface area contributed by atoms with E-state index < -0.39 is 0 Å². The van der Waals surface area contributed by atoms with Crippen molar-refractivity contribution in [2.45, 2.75) is 13.3 Å². The summed E-state index contributed by atoms with van der Waals surface area (Å²) in [7, 11) is 0. The fourth-order valence-electron chi connectivity index (χ4n) is 1.74. The van der Waals surface area contributed by atoms with Crippen LogP contribution < -0.4 is 0 Å². The molecule has 3 nitrogen and oxygen atoms in total. The molecule has 0 aromatic carbocycles. The van der Waals surface area contributed by atoms with Gasteiger partial charge in [0, 0.05) is 12.3 Å². The van der Waals surface area contributed by atoms with E-state index in [0.29, 0.717) is 19.1 Å². The fourth-order valence-corrected chi connectivity index (χ4v) is 2.68. The molecule has 1 amide bonds. The van der Waals surface area contributed by atoms with Crippen molar-refractivity contribution < 1.29 is 9.53 Å². The van der Waals surface area contributed by atoms with E-state index in [2.05, 4.69) is 6.92 Å². The zero-order valence-electron chi connectivity index (χ0n) is 7.91. The van der Waals surface area contributed by atoms with Crippen molar-refractivity contribution in [1.29, 1.82) is 0 Å². The highest BCUT2D eigenvalue weighted by Crippen LogP contribution is 2.34. The van der Waals surface area contributed by atoms with Crippen molar-refractivity contribution in [3.05, 3.63) is 0 Å². The summed E-state index contributed by atoms with van der Waals surface area (Å²) in [5.74, 6) is 2.28. The molecule has 0 atom stereocenters. The van der Waals surface area contributed by atoms with E-state index in [0.717, 1.165) is 24.6 Å². The topological polar surface area (TPSA) is 29.5 Å². The maximum absolute atomic E-state index is 12.0. The lowest BCUT2D eigenvalue weighted by Crippen LogP contribution is -2.54. The molecule has 2 aliphatic rings.